The molecule has 0 radical (unpaired) electrons. The maximum Gasteiger partial charge on any atom is 0.120 e. The Morgan fingerprint density at radius 2 is 1.71 bits per heavy atom. The lowest BCUT2D eigenvalue weighted by Gasteiger charge is -2.07. The molecule has 3 aromatic rings. The van der Waals surface area contributed by atoms with E-state index in [1.165, 1.54) is 0 Å². The van der Waals surface area contributed by atoms with E-state index in [-0.39, 0.29) is 0 Å². The molecular weight excluding hydrogens is 296 g/mol. The number of benzene rings is 3. The van der Waals surface area contributed by atoms with Gasteiger partial charge in [-0.05, 0) is 41.8 Å². The number of hydrogen-bond acceptors (Lipinski definition) is 3. The van der Waals surface area contributed by atoms with Crippen LogP contribution in [0.25, 0.3) is 0 Å². The average Bonchev–Trinajstić information content (AvgIpc) is 2.63. The lowest BCUT2D eigenvalue weighted by molar-refractivity contribution is 0.306. The van der Waals surface area contributed by atoms with Crippen molar-refractivity contribution in [1.82, 2.24) is 0 Å². The standard InChI is InChI=1S/C21H20N2O/c1-17-8-5-6-13-21(17)23-22-15-19-11-7-12-20(14-19)24-16-18-9-3-2-4-10-18/h2-15,23H,16H2,1H3. The van der Waals surface area contributed by atoms with Crippen molar-refractivity contribution < 1.29 is 4.74 Å². The summed E-state index contributed by atoms with van der Waals surface area (Å²) in [6.07, 6.45) is 1.79. The molecule has 0 aromatic heterocycles. The smallest absolute Gasteiger partial charge is 0.120 e. The number of nitrogens with zero attached hydrogens (tertiary/aromatic N) is 1. The second kappa shape index (κ2) is 7.97. The zero-order valence-corrected chi connectivity index (χ0v) is 13.6. The minimum absolute atomic E-state index is 0.558. The highest BCUT2D eigenvalue weighted by Gasteiger charge is 1.97. The van der Waals surface area contributed by atoms with E-state index in [0.29, 0.717) is 6.61 Å². The Bertz CT molecular complexity index is 813. The van der Waals surface area contributed by atoms with Crippen LogP contribution in [-0.2, 0) is 6.61 Å². The topological polar surface area (TPSA) is 33.6 Å². The van der Waals surface area contributed by atoms with Crippen molar-refractivity contribution in [2.45, 2.75) is 13.5 Å². The second-order valence-corrected chi connectivity index (χ2v) is 5.53. The van der Waals surface area contributed by atoms with Crippen molar-refractivity contribution in [3.63, 3.8) is 0 Å². The Labute approximate surface area is 142 Å². The van der Waals surface area contributed by atoms with Gasteiger partial charge < -0.3 is 4.74 Å². The maximum atomic E-state index is 5.83. The van der Waals surface area contributed by atoms with Gasteiger partial charge in [0.05, 0.1) is 11.9 Å². The molecule has 0 atom stereocenters. The summed E-state index contributed by atoms with van der Waals surface area (Å²) in [6.45, 7) is 2.61. The van der Waals surface area contributed by atoms with E-state index in [0.717, 1.165) is 28.1 Å². The third-order valence-electron chi connectivity index (χ3n) is 3.65. The fourth-order valence-electron chi connectivity index (χ4n) is 2.30. The number of rotatable bonds is 6. The molecule has 0 spiro atoms. The van der Waals surface area contributed by atoms with Crippen LogP contribution in [0.5, 0.6) is 5.75 Å². The van der Waals surface area contributed by atoms with Gasteiger partial charge in [-0.2, -0.15) is 5.10 Å². The number of hydrogen-bond donors (Lipinski definition) is 1. The summed E-state index contributed by atoms with van der Waals surface area (Å²) in [6, 6.07) is 26.1. The van der Waals surface area contributed by atoms with E-state index in [1.807, 2.05) is 60.7 Å². The van der Waals surface area contributed by atoms with Crippen LogP contribution < -0.4 is 10.2 Å². The zero-order chi connectivity index (χ0) is 16.6. The van der Waals surface area contributed by atoms with Gasteiger partial charge >= 0.3 is 0 Å². The van der Waals surface area contributed by atoms with Crippen LogP contribution in [0.3, 0.4) is 0 Å². The highest BCUT2D eigenvalue weighted by Crippen LogP contribution is 2.15. The Balaban J connectivity index is 1.60. The molecule has 0 heterocycles. The van der Waals surface area contributed by atoms with Crippen molar-refractivity contribution in [2.75, 3.05) is 5.43 Å². The molecule has 0 aliphatic rings. The van der Waals surface area contributed by atoms with Crippen molar-refractivity contribution >= 4 is 11.9 Å². The van der Waals surface area contributed by atoms with Crippen LogP contribution in [0.1, 0.15) is 16.7 Å². The van der Waals surface area contributed by atoms with Crippen LogP contribution in [0.2, 0.25) is 0 Å². The third-order valence-corrected chi connectivity index (χ3v) is 3.65. The monoisotopic (exact) mass is 316 g/mol. The molecule has 0 aliphatic heterocycles. The van der Waals surface area contributed by atoms with E-state index >= 15 is 0 Å². The number of hydrazone groups is 1. The van der Waals surface area contributed by atoms with Crippen LogP contribution in [0.15, 0.2) is 84.0 Å². The van der Waals surface area contributed by atoms with Crippen molar-refractivity contribution in [3.8, 4) is 5.75 Å². The second-order valence-electron chi connectivity index (χ2n) is 5.53. The van der Waals surface area contributed by atoms with Crippen molar-refractivity contribution in [3.05, 3.63) is 95.6 Å². The molecule has 1 N–H and O–H groups in total. The van der Waals surface area contributed by atoms with Crippen LogP contribution >= 0.6 is 0 Å². The summed E-state index contributed by atoms with van der Waals surface area (Å²) in [5, 5.41) is 4.30. The van der Waals surface area contributed by atoms with Gasteiger partial charge in [0.15, 0.2) is 0 Å². The predicted molar refractivity (Wildman–Crippen MR) is 99.6 cm³/mol. The zero-order valence-electron chi connectivity index (χ0n) is 13.6. The average molecular weight is 316 g/mol. The van der Waals surface area contributed by atoms with Gasteiger partial charge in [-0.15, -0.1) is 0 Å². The summed E-state index contributed by atoms with van der Waals surface area (Å²) in [5.41, 5.74) is 7.37. The molecule has 0 amide bonds. The molecule has 0 saturated carbocycles. The Hall–Kier alpha value is -3.07. The molecule has 120 valence electrons. The number of para-hydroxylation sites is 1. The van der Waals surface area contributed by atoms with Crippen LogP contribution in [-0.4, -0.2) is 6.21 Å². The van der Waals surface area contributed by atoms with Crippen molar-refractivity contribution in [1.29, 1.82) is 0 Å². The largest absolute Gasteiger partial charge is 0.489 e. The number of anilines is 1. The Morgan fingerprint density at radius 1 is 0.917 bits per heavy atom. The van der Waals surface area contributed by atoms with Gasteiger partial charge in [-0.25, -0.2) is 0 Å². The summed E-state index contributed by atoms with van der Waals surface area (Å²) < 4.78 is 5.83. The summed E-state index contributed by atoms with van der Waals surface area (Å²) in [4.78, 5) is 0. The highest BCUT2D eigenvalue weighted by atomic mass is 16.5. The molecule has 3 aromatic carbocycles. The van der Waals surface area contributed by atoms with Gasteiger partial charge in [0.2, 0.25) is 0 Å². The molecule has 0 fully saturated rings. The van der Waals surface area contributed by atoms with Gasteiger partial charge in [0.25, 0.3) is 0 Å². The lowest BCUT2D eigenvalue weighted by Crippen LogP contribution is -1.96. The molecule has 24 heavy (non-hydrogen) atoms. The van der Waals surface area contributed by atoms with Gasteiger partial charge in [0, 0.05) is 0 Å². The number of nitrogens with one attached hydrogen (secondary N) is 1. The summed E-state index contributed by atoms with van der Waals surface area (Å²) in [7, 11) is 0. The first-order valence-corrected chi connectivity index (χ1v) is 7.93. The van der Waals surface area contributed by atoms with Crippen LogP contribution in [0.4, 0.5) is 5.69 Å². The molecule has 3 rings (SSSR count). The normalized spacial score (nSPS) is 10.7. The highest BCUT2D eigenvalue weighted by molar-refractivity contribution is 5.80. The first kappa shape index (κ1) is 15.8. The van der Waals surface area contributed by atoms with Crippen molar-refractivity contribution in [2.24, 2.45) is 5.10 Å². The van der Waals surface area contributed by atoms with Gasteiger partial charge in [-0.3, -0.25) is 5.43 Å². The molecule has 3 heteroatoms. The first-order valence-electron chi connectivity index (χ1n) is 7.93. The quantitative estimate of drug-likeness (QED) is 0.512. The minimum Gasteiger partial charge on any atom is -0.489 e. The van der Waals surface area contributed by atoms with E-state index in [1.54, 1.807) is 6.21 Å². The molecule has 0 saturated heterocycles. The molecule has 0 unspecified atom stereocenters. The van der Waals surface area contributed by atoms with Gasteiger partial charge in [-0.1, -0.05) is 60.7 Å². The molecule has 3 nitrogen and oxygen atoms in total. The fraction of sp³-hybridized carbons (Fsp3) is 0.0952. The van der Waals surface area contributed by atoms with E-state index in [2.05, 4.69) is 35.7 Å². The van der Waals surface area contributed by atoms with Crippen LogP contribution in [0, 0.1) is 6.92 Å². The Morgan fingerprint density at radius 3 is 2.54 bits per heavy atom. The number of ether oxygens (including phenoxy) is 1. The van der Waals surface area contributed by atoms with Gasteiger partial charge in [0.1, 0.15) is 12.4 Å². The summed E-state index contributed by atoms with van der Waals surface area (Å²) >= 11 is 0. The SMILES string of the molecule is Cc1ccccc1NN=Cc1cccc(OCc2ccccc2)c1. The first-order chi connectivity index (χ1) is 11.8. The number of aryl methyl sites for hydroxylation is 1. The third kappa shape index (κ3) is 4.46. The minimum atomic E-state index is 0.558. The maximum absolute atomic E-state index is 5.83. The lowest BCUT2D eigenvalue weighted by atomic mass is 10.2. The fourth-order valence-corrected chi connectivity index (χ4v) is 2.30. The molecule has 0 aliphatic carbocycles. The summed E-state index contributed by atoms with van der Waals surface area (Å²) in [5.74, 6) is 0.832. The van der Waals surface area contributed by atoms with E-state index < -0.39 is 0 Å². The molecular formula is C21H20N2O. The van der Waals surface area contributed by atoms with E-state index in [9.17, 15) is 0 Å². The van der Waals surface area contributed by atoms with E-state index in [4.69, 9.17) is 4.74 Å². The Kier molecular flexibility index (Phi) is 5.25. The molecule has 0 bridgehead atoms. The predicted octanol–water partition coefficient (Wildman–Crippen LogP) is 5.02.